The van der Waals surface area contributed by atoms with Crippen LogP contribution in [0.4, 0.5) is 0 Å². The number of benzene rings is 1. The molecule has 31 heavy (non-hydrogen) atoms. The van der Waals surface area contributed by atoms with Crippen LogP contribution in [0, 0.1) is 6.92 Å². The second-order valence-electron chi connectivity index (χ2n) is 7.68. The van der Waals surface area contributed by atoms with Gasteiger partial charge in [-0.05, 0) is 55.4 Å². The molecule has 0 unspecified atom stereocenters. The highest BCUT2D eigenvalue weighted by Gasteiger charge is 2.16. The minimum atomic E-state index is -3.21. The molecule has 7 nitrogen and oxygen atoms in total. The summed E-state index contributed by atoms with van der Waals surface area (Å²) in [5.41, 5.74) is 2.76. The maximum Gasteiger partial charge on any atom is 0.213 e. The second kappa shape index (κ2) is 11.7. The number of rotatable bonds is 7. The zero-order valence-corrected chi connectivity index (χ0v) is 21.4. The molecule has 0 bridgehead atoms. The van der Waals surface area contributed by atoms with E-state index in [1.54, 1.807) is 20.0 Å². The van der Waals surface area contributed by atoms with Gasteiger partial charge in [0, 0.05) is 38.7 Å². The van der Waals surface area contributed by atoms with Gasteiger partial charge in [-0.25, -0.2) is 13.4 Å². The van der Waals surface area contributed by atoms with E-state index in [1.165, 1.54) is 19.1 Å². The Kier molecular flexibility index (Phi) is 9.54. The Bertz CT molecular complexity index is 988. The van der Waals surface area contributed by atoms with Crippen LogP contribution in [0.25, 0.3) is 0 Å². The molecule has 0 saturated heterocycles. The molecular formula is C22H31IN4O3S. The predicted molar refractivity (Wildman–Crippen MR) is 134 cm³/mol. The Balaban J connectivity index is 0.00000341. The molecule has 0 atom stereocenters. The van der Waals surface area contributed by atoms with Crippen LogP contribution in [0.15, 0.2) is 46.4 Å². The van der Waals surface area contributed by atoms with Crippen LogP contribution in [0.1, 0.15) is 42.4 Å². The summed E-state index contributed by atoms with van der Waals surface area (Å²) in [5, 5.41) is 6.51. The summed E-state index contributed by atoms with van der Waals surface area (Å²) in [5.74, 6) is 1.34. The van der Waals surface area contributed by atoms with Gasteiger partial charge < -0.3 is 15.4 Å². The molecule has 1 fully saturated rings. The van der Waals surface area contributed by atoms with Gasteiger partial charge in [-0.3, -0.25) is 4.99 Å². The number of ether oxygens (including phenoxy) is 1. The molecule has 1 aliphatic carbocycles. The minimum absolute atomic E-state index is 0. The molecule has 170 valence electrons. The topological polar surface area (TPSA) is 92.7 Å². The quantitative estimate of drug-likeness (QED) is 0.307. The lowest BCUT2D eigenvalue weighted by atomic mass is 10.1. The van der Waals surface area contributed by atoms with Crippen molar-refractivity contribution in [2.24, 2.45) is 4.99 Å². The number of hydrogen-bond donors (Lipinski definition) is 2. The number of sulfone groups is 1. The van der Waals surface area contributed by atoms with Crippen molar-refractivity contribution in [3.63, 3.8) is 0 Å². The van der Waals surface area contributed by atoms with Crippen LogP contribution in [0.3, 0.4) is 0 Å². The fourth-order valence-electron chi connectivity index (χ4n) is 3.59. The van der Waals surface area contributed by atoms with Crippen LogP contribution < -0.4 is 15.4 Å². The third-order valence-corrected chi connectivity index (χ3v) is 6.43. The molecule has 0 spiro atoms. The van der Waals surface area contributed by atoms with E-state index < -0.39 is 9.84 Å². The van der Waals surface area contributed by atoms with Gasteiger partial charge in [0.25, 0.3) is 0 Å². The third-order valence-electron chi connectivity index (χ3n) is 5.17. The first-order valence-corrected chi connectivity index (χ1v) is 12.1. The first-order valence-electron chi connectivity index (χ1n) is 10.2. The van der Waals surface area contributed by atoms with Crippen molar-refractivity contribution in [1.29, 1.82) is 0 Å². The predicted octanol–water partition coefficient (Wildman–Crippen LogP) is 3.60. The third kappa shape index (κ3) is 7.64. The SMILES string of the molecule is CN=C(NCc1ccc(OC2CCCC2)nc1)NCc1ccc(S(C)(=O)=O)c(C)c1.I. The summed E-state index contributed by atoms with van der Waals surface area (Å²) in [4.78, 5) is 9.01. The number of aromatic nitrogens is 1. The lowest BCUT2D eigenvalue weighted by Gasteiger charge is -2.14. The number of guanidine groups is 1. The maximum atomic E-state index is 11.7. The van der Waals surface area contributed by atoms with Gasteiger partial charge in [0.05, 0.1) is 4.90 Å². The maximum absolute atomic E-state index is 11.7. The molecule has 1 saturated carbocycles. The van der Waals surface area contributed by atoms with Gasteiger partial charge in [0.15, 0.2) is 15.8 Å². The molecule has 0 aliphatic heterocycles. The molecule has 0 amide bonds. The Morgan fingerprint density at radius 3 is 2.32 bits per heavy atom. The van der Waals surface area contributed by atoms with Gasteiger partial charge in [-0.1, -0.05) is 18.2 Å². The summed E-state index contributed by atoms with van der Waals surface area (Å²) in [6.07, 6.45) is 8.05. The van der Waals surface area contributed by atoms with Crippen LogP contribution in [-0.2, 0) is 22.9 Å². The Morgan fingerprint density at radius 2 is 1.77 bits per heavy atom. The van der Waals surface area contributed by atoms with E-state index in [2.05, 4.69) is 20.6 Å². The monoisotopic (exact) mass is 558 g/mol. The van der Waals surface area contributed by atoms with Gasteiger partial charge in [0.2, 0.25) is 5.88 Å². The van der Waals surface area contributed by atoms with E-state index >= 15 is 0 Å². The minimum Gasteiger partial charge on any atom is -0.474 e. The van der Waals surface area contributed by atoms with E-state index in [4.69, 9.17) is 4.74 Å². The summed E-state index contributed by atoms with van der Waals surface area (Å²) < 4.78 is 29.4. The van der Waals surface area contributed by atoms with Crippen molar-refractivity contribution in [3.8, 4) is 5.88 Å². The number of halogens is 1. The van der Waals surface area contributed by atoms with Crippen LogP contribution in [0.5, 0.6) is 5.88 Å². The van der Waals surface area contributed by atoms with Crippen molar-refractivity contribution in [2.45, 2.75) is 56.7 Å². The van der Waals surface area contributed by atoms with Crippen molar-refractivity contribution >= 4 is 39.8 Å². The van der Waals surface area contributed by atoms with Crippen molar-refractivity contribution in [2.75, 3.05) is 13.3 Å². The van der Waals surface area contributed by atoms with Crippen LogP contribution >= 0.6 is 24.0 Å². The average molecular weight is 558 g/mol. The Hall–Kier alpha value is -1.88. The molecule has 1 heterocycles. The number of nitrogens with zero attached hydrogens (tertiary/aromatic N) is 2. The summed E-state index contributed by atoms with van der Waals surface area (Å²) in [7, 11) is -1.49. The molecule has 9 heteroatoms. The van der Waals surface area contributed by atoms with Gasteiger partial charge in [0.1, 0.15) is 6.10 Å². The fraction of sp³-hybridized carbons (Fsp3) is 0.455. The standard InChI is InChI=1S/C22H30N4O3S.HI/c1-16-12-17(8-10-20(16)30(3,27)28)13-25-22(23-2)26-15-18-9-11-21(24-14-18)29-19-6-4-5-7-19;/h8-12,14,19H,4-7,13,15H2,1-3H3,(H2,23,25,26);1H. The van der Waals surface area contributed by atoms with E-state index in [9.17, 15) is 8.42 Å². The first kappa shape index (κ1) is 25.4. The highest BCUT2D eigenvalue weighted by Crippen LogP contribution is 2.22. The van der Waals surface area contributed by atoms with Gasteiger partial charge in [-0.15, -0.1) is 24.0 Å². The molecule has 2 N–H and O–H groups in total. The molecule has 2 aromatic rings. The highest BCUT2D eigenvalue weighted by molar-refractivity contribution is 14.0. The Morgan fingerprint density at radius 1 is 1.13 bits per heavy atom. The zero-order chi connectivity index (χ0) is 21.6. The second-order valence-corrected chi connectivity index (χ2v) is 9.66. The Labute approximate surface area is 202 Å². The van der Waals surface area contributed by atoms with Crippen molar-refractivity contribution in [1.82, 2.24) is 15.6 Å². The summed E-state index contributed by atoms with van der Waals surface area (Å²) in [6.45, 7) is 2.93. The molecule has 0 radical (unpaired) electrons. The number of aryl methyl sites for hydroxylation is 1. The van der Waals surface area contributed by atoms with E-state index in [-0.39, 0.29) is 24.0 Å². The lowest BCUT2D eigenvalue weighted by Crippen LogP contribution is -2.36. The first-order chi connectivity index (χ1) is 14.3. The van der Waals surface area contributed by atoms with Crippen LogP contribution in [-0.4, -0.2) is 38.8 Å². The molecular weight excluding hydrogens is 527 g/mol. The van der Waals surface area contributed by atoms with E-state index in [0.29, 0.717) is 35.9 Å². The van der Waals surface area contributed by atoms with Crippen molar-refractivity contribution in [3.05, 3.63) is 53.2 Å². The summed E-state index contributed by atoms with van der Waals surface area (Å²) >= 11 is 0. The smallest absolute Gasteiger partial charge is 0.213 e. The summed E-state index contributed by atoms with van der Waals surface area (Å²) in [6, 6.07) is 9.27. The van der Waals surface area contributed by atoms with Gasteiger partial charge >= 0.3 is 0 Å². The number of nitrogens with one attached hydrogen (secondary N) is 2. The lowest BCUT2D eigenvalue weighted by molar-refractivity contribution is 0.201. The fourth-order valence-corrected chi connectivity index (χ4v) is 4.55. The van der Waals surface area contributed by atoms with E-state index in [1.807, 2.05) is 30.5 Å². The van der Waals surface area contributed by atoms with Crippen LogP contribution in [0.2, 0.25) is 0 Å². The number of hydrogen-bond acceptors (Lipinski definition) is 5. The van der Waals surface area contributed by atoms with E-state index in [0.717, 1.165) is 29.5 Å². The zero-order valence-electron chi connectivity index (χ0n) is 18.2. The van der Waals surface area contributed by atoms with Gasteiger partial charge in [-0.2, -0.15) is 0 Å². The highest BCUT2D eigenvalue weighted by atomic mass is 127. The molecule has 1 aliphatic rings. The number of aliphatic imine (C=N–C) groups is 1. The molecule has 1 aromatic heterocycles. The molecule has 3 rings (SSSR count). The van der Waals surface area contributed by atoms with Crippen molar-refractivity contribution < 1.29 is 13.2 Å². The molecule has 1 aromatic carbocycles. The number of pyridine rings is 1. The largest absolute Gasteiger partial charge is 0.474 e. The normalized spacial score (nSPS) is 14.7. The average Bonchev–Trinajstić information content (AvgIpc) is 3.21.